The lowest BCUT2D eigenvalue weighted by Gasteiger charge is -2.04. The predicted octanol–water partition coefficient (Wildman–Crippen LogP) is 2.28. The number of hydrogen-bond acceptors (Lipinski definition) is 2. The Labute approximate surface area is 95.1 Å². The lowest BCUT2D eigenvalue weighted by molar-refractivity contribution is -0.140. The molecule has 1 aromatic carbocycles. The molecule has 3 heteroatoms. The number of carboxylic acid groups (broad SMARTS) is 1. The van der Waals surface area contributed by atoms with Crippen LogP contribution >= 0.6 is 0 Å². The van der Waals surface area contributed by atoms with Crippen LogP contribution in [0.15, 0.2) is 18.2 Å². The summed E-state index contributed by atoms with van der Waals surface area (Å²) in [4.78, 5) is 21.5. The average molecular weight is 220 g/mol. The van der Waals surface area contributed by atoms with Gasteiger partial charge < -0.3 is 5.11 Å². The van der Waals surface area contributed by atoms with Crippen LogP contribution in [0.2, 0.25) is 0 Å². The van der Waals surface area contributed by atoms with Crippen molar-refractivity contribution in [2.75, 3.05) is 0 Å². The van der Waals surface area contributed by atoms with Crippen molar-refractivity contribution < 1.29 is 14.7 Å². The van der Waals surface area contributed by atoms with Gasteiger partial charge in [-0.1, -0.05) is 18.2 Å². The summed E-state index contributed by atoms with van der Waals surface area (Å²) >= 11 is 0. The van der Waals surface area contributed by atoms with Crippen LogP contribution in [0.3, 0.4) is 0 Å². The Morgan fingerprint density at radius 2 is 1.88 bits per heavy atom. The largest absolute Gasteiger partial charge is 0.481 e. The number of carbonyl (C=O) groups excluding carboxylic acids is 1. The first kappa shape index (κ1) is 12.4. The van der Waals surface area contributed by atoms with Gasteiger partial charge >= 0.3 is 5.97 Å². The monoisotopic (exact) mass is 220 g/mol. The number of carboxylic acids is 1. The number of Topliss-reactive ketones (excluding diaryl/α,β-unsaturated/α-hetero) is 1. The second-order valence-electron chi connectivity index (χ2n) is 4.03. The van der Waals surface area contributed by atoms with Gasteiger partial charge in [0.05, 0.1) is 0 Å². The topological polar surface area (TPSA) is 54.4 Å². The zero-order chi connectivity index (χ0) is 12.1. The van der Waals surface area contributed by atoms with Crippen LogP contribution in [0.4, 0.5) is 0 Å². The predicted molar refractivity (Wildman–Crippen MR) is 61.5 cm³/mol. The van der Waals surface area contributed by atoms with Crippen molar-refractivity contribution in [2.24, 2.45) is 0 Å². The number of aliphatic carboxylic acids is 1. The summed E-state index contributed by atoms with van der Waals surface area (Å²) < 4.78 is 0. The molecule has 0 saturated carbocycles. The Balaban J connectivity index is 2.51. The molecule has 0 aliphatic heterocycles. The van der Waals surface area contributed by atoms with E-state index in [-0.39, 0.29) is 12.2 Å². The second kappa shape index (κ2) is 5.45. The number of rotatable bonds is 5. The molecule has 0 spiro atoms. The number of ketones is 1. The second-order valence-corrected chi connectivity index (χ2v) is 4.03. The third-order valence-electron chi connectivity index (χ3n) is 2.61. The van der Waals surface area contributed by atoms with E-state index in [0.29, 0.717) is 12.8 Å². The molecule has 0 amide bonds. The van der Waals surface area contributed by atoms with Crippen molar-refractivity contribution in [1.82, 2.24) is 0 Å². The fraction of sp³-hybridized carbons (Fsp3) is 0.385. The molecule has 0 atom stereocenters. The highest BCUT2D eigenvalue weighted by molar-refractivity contribution is 5.94. The molecule has 0 aromatic heterocycles. The zero-order valence-electron chi connectivity index (χ0n) is 9.62. The maximum absolute atomic E-state index is 11.2. The average Bonchev–Trinajstić information content (AvgIpc) is 2.19. The zero-order valence-corrected chi connectivity index (χ0v) is 9.62. The fourth-order valence-electron chi connectivity index (χ4n) is 1.50. The summed E-state index contributed by atoms with van der Waals surface area (Å²) in [5.41, 5.74) is 3.51. The highest BCUT2D eigenvalue weighted by Crippen LogP contribution is 2.11. The number of hydrogen-bond donors (Lipinski definition) is 1. The summed E-state index contributed by atoms with van der Waals surface area (Å²) in [5, 5.41) is 8.44. The van der Waals surface area contributed by atoms with Crippen molar-refractivity contribution in [3.63, 3.8) is 0 Å². The van der Waals surface area contributed by atoms with Gasteiger partial charge in [-0.05, 0) is 37.0 Å². The molecule has 86 valence electrons. The van der Waals surface area contributed by atoms with Crippen LogP contribution in [0.1, 0.15) is 29.5 Å². The molecule has 16 heavy (non-hydrogen) atoms. The maximum Gasteiger partial charge on any atom is 0.310 e. The van der Waals surface area contributed by atoms with Gasteiger partial charge in [0.25, 0.3) is 0 Å². The van der Waals surface area contributed by atoms with E-state index in [1.165, 1.54) is 11.1 Å². The highest BCUT2D eigenvalue weighted by Gasteiger charge is 2.07. The van der Waals surface area contributed by atoms with Crippen LogP contribution in [0.25, 0.3) is 0 Å². The van der Waals surface area contributed by atoms with E-state index in [2.05, 4.69) is 0 Å². The van der Waals surface area contributed by atoms with Crippen molar-refractivity contribution in [1.29, 1.82) is 0 Å². The minimum atomic E-state index is -1.05. The number of carbonyl (C=O) groups is 2. The smallest absolute Gasteiger partial charge is 0.310 e. The van der Waals surface area contributed by atoms with Crippen molar-refractivity contribution in [3.8, 4) is 0 Å². The summed E-state index contributed by atoms with van der Waals surface area (Å²) in [5.74, 6) is -1.27. The van der Waals surface area contributed by atoms with Crippen LogP contribution in [-0.2, 0) is 16.0 Å². The SMILES string of the molecule is Cc1ccc(CCC(=O)CC(=O)O)cc1C. The van der Waals surface area contributed by atoms with Gasteiger partial charge in [-0.3, -0.25) is 9.59 Å². The quantitative estimate of drug-likeness (QED) is 0.774. The molecule has 0 aliphatic carbocycles. The molecule has 0 heterocycles. The first-order valence-corrected chi connectivity index (χ1v) is 5.28. The lowest BCUT2D eigenvalue weighted by Crippen LogP contribution is -2.07. The number of benzene rings is 1. The number of aryl methyl sites for hydroxylation is 3. The standard InChI is InChI=1S/C13H16O3/c1-9-3-4-11(7-10(9)2)5-6-12(14)8-13(15)16/h3-4,7H,5-6,8H2,1-2H3,(H,15,16). The summed E-state index contributed by atoms with van der Waals surface area (Å²) in [6.45, 7) is 4.06. The lowest BCUT2D eigenvalue weighted by atomic mass is 10.0. The first-order valence-electron chi connectivity index (χ1n) is 5.28. The molecule has 0 aliphatic rings. The van der Waals surface area contributed by atoms with Gasteiger partial charge in [-0.25, -0.2) is 0 Å². The molecule has 3 nitrogen and oxygen atoms in total. The van der Waals surface area contributed by atoms with Gasteiger partial charge in [-0.15, -0.1) is 0 Å². The van der Waals surface area contributed by atoms with Crippen molar-refractivity contribution in [2.45, 2.75) is 33.1 Å². The van der Waals surface area contributed by atoms with Crippen LogP contribution in [0, 0.1) is 13.8 Å². The molecule has 0 saturated heterocycles. The van der Waals surface area contributed by atoms with Gasteiger partial charge in [0, 0.05) is 6.42 Å². The van der Waals surface area contributed by atoms with E-state index in [9.17, 15) is 9.59 Å². The minimum absolute atomic E-state index is 0.217. The molecule has 1 rings (SSSR count). The molecular weight excluding hydrogens is 204 g/mol. The van der Waals surface area contributed by atoms with Gasteiger partial charge in [0.1, 0.15) is 12.2 Å². The highest BCUT2D eigenvalue weighted by atomic mass is 16.4. The normalized spacial score (nSPS) is 10.1. The minimum Gasteiger partial charge on any atom is -0.481 e. The Morgan fingerprint density at radius 1 is 1.19 bits per heavy atom. The van der Waals surface area contributed by atoms with Gasteiger partial charge in [0.2, 0.25) is 0 Å². The van der Waals surface area contributed by atoms with E-state index in [0.717, 1.165) is 5.56 Å². The fourth-order valence-corrected chi connectivity index (χ4v) is 1.50. The van der Waals surface area contributed by atoms with E-state index < -0.39 is 5.97 Å². The molecule has 0 fully saturated rings. The maximum atomic E-state index is 11.2. The molecular formula is C13H16O3. The summed E-state index contributed by atoms with van der Waals surface area (Å²) in [6.07, 6.45) is 0.548. The Bertz CT molecular complexity index is 408. The van der Waals surface area contributed by atoms with Gasteiger partial charge in [0.15, 0.2) is 0 Å². The summed E-state index contributed by atoms with van der Waals surface area (Å²) in [6, 6.07) is 6.05. The van der Waals surface area contributed by atoms with Crippen LogP contribution in [-0.4, -0.2) is 16.9 Å². The summed E-state index contributed by atoms with van der Waals surface area (Å²) in [7, 11) is 0. The first-order chi connectivity index (χ1) is 7.49. The Hall–Kier alpha value is -1.64. The van der Waals surface area contributed by atoms with E-state index in [1.54, 1.807) is 0 Å². The Kier molecular flexibility index (Phi) is 4.23. The molecule has 1 N–H and O–H groups in total. The van der Waals surface area contributed by atoms with Gasteiger partial charge in [-0.2, -0.15) is 0 Å². The third-order valence-corrected chi connectivity index (χ3v) is 2.61. The molecule has 0 unspecified atom stereocenters. The van der Waals surface area contributed by atoms with E-state index in [1.807, 2.05) is 32.0 Å². The third kappa shape index (κ3) is 3.85. The molecule has 1 aromatic rings. The van der Waals surface area contributed by atoms with Crippen LogP contribution in [0.5, 0.6) is 0 Å². The van der Waals surface area contributed by atoms with Crippen LogP contribution < -0.4 is 0 Å². The van der Waals surface area contributed by atoms with Crippen molar-refractivity contribution in [3.05, 3.63) is 34.9 Å². The van der Waals surface area contributed by atoms with Crippen molar-refractivity contribution >= 4 is 11.8 Å². The molecule has 0 radical (unpaired) electrons. The Morgan fingerprint density at radius 3 is 2.44 bits per heavy atom. The van der Waals surface area contributed by atoms with E-state index in [4.69, 9.17) is 5.11 Å². The molecule has 0 bridgehead atoms. The van der Waals surface area contributed by atoms with E-state index >= 15 is 0 Å².